The molecule has 0 radical (unpaired) electrons. The molecule has 4 nitrogen and oxygen atoms in total. The molecular weight excluding hydrogens is 230 g/mol. The van der Waals surface area contributed by atoms with Crippen LogP contribution in [0.2, 0.25) is 5.02 Å². The van der Waals surface area contributed by atoms with Gasteiger partial charge in [0, 0.05) is 12.3 Å². The number of carbonyl (C=O) groups is 1. The molecule has 0 fully saturated rings. The number of unbranched alkanes of at least 4 members (excludes halogenated alkanes) is 1. The van der Waals surface area contributed by atoms with Gasteiger partial charge >= 0.3 is 5.97 Å². The van der Waals surface area contributed by atoms with Crippen LogP contribution in [0.3, 0.4) is 0 Å². The van der Waals surface area contributed by atoms with Crippen molar-refractivity contribution in [2.75, 3.05) is 13.2 Å². The number of hydrogen-bond acceptors (Lipinski definition) is 4. The SMILES string of the molecule is CCCCOC(=O)COc1cncc(Cl)c1. The number of hydrogen-bond donors (Lipinski definition) is 0. The van der Waals surface area contributed by atoms with E-state index in [0.717, 1.165) is 12.8 Å². The summed E-state index contributed by atoms with van der Waals surface area (Å²) in [5, 5.41) is 0.469. The zero-order chi connectivity index (χ0) is 11.8. The fourth-order valence-corrected chi connectivity index (χ4v) is 1.15. The molecule has 0 unspecified atom stereocenters. The second-order valence-corrected chi connectivity index (χ2v) is 3.64. The minimum absolute atomic E-state index is 0.119. The Morgan fingerprint density at radius 3 is 3.00 bits per heavy atom. The van der Waals surface area contributed by atoms with E-state index in [0.29, 0.717) is 17.4 Å². The van der Waals surface area contributed by atoms with E-state index >= 15 is 0 Å². The first-order chi connectivity index (χ1) is 7.72. The fraction of sp³-hybridized carbons (Fsp3) is 0.455. The van der Waals surface area contributed by atoms with Gasteiger partial charge < -0.3 is 9.47 Å². The van der Waals surface area contributed by atoms with Crippen LogP contribution in [0.1, 0.15) is 19.8 Å². The lowest BCUT2D eigenvalue weighted by atomic mass is 10.4. The average molecular weight is 244 g/mol. The van der Waals surface area contributed by atoms with Crippen LogP contribution >= 0.6 is 11.6 Å². The molecule has 88 valence electrons. The maximum absolute atomic E-state index is 11.2. The third kappa shape index (κ3) is 4.98. The topological polar surface area (TPSA) is 48.4 Å². The molecule has 0 aliphatic rings. The molecule has 0 bridgehead atoms. The molecule has 5 heteroatoms. The van der Waals surface area contributed by atoms with Crippen molar-refractivity contribution < 1.29 is 14.3 Å². The maximum Gasteiger partial charge on any atom is 0.344 e. The van der Waals surface area contributed by atoms with E-state index in [-0.39, 0.29) is 12.6 Å². The van der Waals surface area contributed by atoms with Crippen molar-refractivity contribution in [3.63, 3.8) is 0 Å². The van der Waals surface area contributed by atoms with Crippen LogP contribution in [0, 0.1) is 0 Å². The van der Waals surface area contributed by atoms with Gasteiger partial charge in [-0.25, -0.2) is 4.79 Å². The van der Waals surface area contributed by atoms with Crippen LogP contribution in [-0.4, -0.2) is 24.2 Å². The summed E-state index contributed by atoms with van der Waals surface area (Å²) in [4.78, 5) is 15.0. The lowest BCUT2D eigenvalue weighted by Gasteiger charge is -2.06. The summed E-state index contributed by atoms with van der Waals surface area (Å²) in [5.74, 6) is 0.0772. The van der Waals surface area contributed by atoms with Crippen LogP contribution in [0.15, 0.2) is 18.5 Å². The third-order valence-electron chi connectivity index (χ3n) is 1.80. The van der Waals surface area contributed by atoms with Crippen LogP contribution < -0.4 is 4.74 Å². The highest BCUT2D eigenvalue weighted by Gasteiger charge is 2.04. The quantitative estimate of drug-likeness (QED) is 0.569. The van der Waals surface area contributed by atoms with Crippen LogP contribution in [0.5, 0.6) is 5.75 Å². The largest absolute Gasteiger partial charge is 0.480 e. The van der Waals surface area contributed by atoms with E-state index in [4.69, 9.17) is 21.1 Å². The van der Waals surface area contributed by atoms with Gasteiger partial charge in [-0.05, 0) is 6.42 Å². The fourth-order valence-electron chi connectivity index (χ4n) is 0.986. The van der Waals surface area contributed by atoms with Gasteiger partial charge in [-0.15, -0.1) is 0 Å². The molecule has 0 aromatic carbocycles. The Labute approximate surface area is 99.5 Å². The first-order valence-corrected chi connectivity index (χ1v) is 5.49. The Balaban J connectivity index is 2.26. The van der Waals surface area contributed by atoms with Crippen molar-refractivity contribution in [2.24, 2.45) is 0 Å². The molecular formula is C11H14ClNO3. The van der Waals surface area contributed by atoms with Gasteiger partial charge in [0.15, 0.2) is 6.61 Å². The summed E-state index contributed by atoms with van der Waals surface area (Å²) in [6, 6.07) is 1.59. The molecule has 0 N–H and O–H groups in total. The predicted molar refractivity (Wildman–Crippen MR) is 60.6 cm³/mol. The van der Waals surface area contributed by atoms with Gasteiger partial charge in [-0.1, -0.05) is 24.9 Å². The lowest BCUT2D eigenvalue weighted by molar-refractivity contribution is -0.146. The molecule has 0 amide bonds. The molecule has 0 aliphatic carbocycles. The van der Waals surface area contributed by atoms with Gasteiger partial charge in [0.2, 0.25) is 0 Å². The number of ether oxygens (including phenoxy) is 2. The number of carbonyl (C=O) groups excluding carboxylic acids is 1. The maximum atomic E-state index is 11.2. The minimum atomic E-state index is -0.381. The van der Waals surface area contributed by atoms with Gasteiger partial charge in [0.25, 0.3) is 0 Å². The Kier molecular flexibility index (Phi) is 5.64. The van der Waals surface area contributed by atoms with Crippen LogP contribution in [-0.2, 0) is 9.53 Å². The Bertz CT molecular complexity index is 344. The monoisotopic (exact) mass is 243 g/mol. The third-order valence-corrected chi connectivity index (χ3v) is 2.00. The molecule has 0 spiro atoms. The van der Waals surface area contributed by atoms with Crippen molar-refractivity contribution in [3.05, 3.63) is 23.5 Å². The van der Waals surface area contributed by atoms with E-state index in [1.165, 1.54) is 12.4 Å². The highest BCUT2D eigenvalue weighted by Crippen LogP contribution is 2.14. The Morgan fingerprint density at radius 2 is 2.31 bits per heavy atom. The Morgan fingerprint density at radius 1 is 1.50 bits per heavy atom. The van der Waals surface area contributed by atoms with Gasteiger partial charge in [-0.2, -0.15) is 0 Å². The molecule has 1 heterocycles. The summed E-state index contributed by atoms with van der Waals surface area (Å²) < 4.78 is 10.1. The first kappa shape index (κ1) is 12.8. The highest BCUT2D eigenvalue weighted by molar-refractivity contribution is 6.30. The van der Waals surface area contributed by atoms with E-state index in [1.807, 2.05) is 6.92 Å². The molecule has 16 heavy (non-hydrogen) atoms. The summed E-state index contributed by atoms with van der Waals surface area (Å²) in [5.41, 5.74) is 0. The van der Waals surface area contributed by atoms with Gasteiger partial charge in [0.1, 0.15) is 5.75 Å². The molecule has 1 rings (SSSR count). The van der Waals surface area contributed by atoms with Gasteiger partial charge in [-0.3, -0.25) is 4.98 Å². The lowest BCUT2D eigenvalue weighted by Crippen LogP contribution is -2.15. The van der Waals surface area contributed by atoms with E-state index in [1.54, 1.807) is 6.07 Å². The van der Waals surface area contributed by atoms with Crippen molar-refractivity contribution in [1.82, 2.24) is 4.98 Å². The number of aromatic nitrogens is 1. The van der Waals surface area contributed by atoms with Crippen LogP contribution in [0.25, 0.3) is 0 Å². The number of halogens is 1. The average Bonchev–Trinajstić information content (AvgIpc) is 2.27. The zero-order valence-electron chi connectivity index (χ0n) is 9.11. The van der Waals surface area contributed by atoms with Crippen molar-refractivity contribution in [3.8, 4) is 5.75 Å². The summed E-state index contributed by atoms with van der Waals surface area (Å²) in [7, 11) is 0. The van der Waals surface area contributed by atoms with E-state index < -0.39 is 0 Å². The number of nitrogens with zero attached hydrogens (tertiary/aromatic N) is 1. The van der Waals surface area contributed by atoms with E-state index in [2.05, 4.69) is 4.98 Å². The smallest absolute Gasteiger partial charge is 0.344 e. The standard InChI is InChI=1S/C11H14ClNO3/c1-2-3-4-15-11(14)8-16-10-5-9(12)6-13-7-10/h5-7H,2-4,8H2,1H3. The number of rotatable bonds is 6. The zero-order valence-corrected chi connectivity index (χ0v) is 9.87. The predicted octanol–water partition coefficient (Wildman–Crippen LogP) is 2.46. The molecule has 0 saturated heterocycles. The summed E-state index contributed by atoms with van der Waals surface area (Å²) in [6.45, 7) is 2.35. The van der Waals surface area contributed by atoms with Gasteiger partial charge in [0.05, 0.1) is 17.8 Å². The highest BCUT2D eigenvalue weighted by atomic mass is 35.5. The number of esters is 1. The summed E-state index contributed by atoms with van der Waals surface area (Å²) >= 11 is 5.70. The second kappa shape index (κ2) is 7.06. The van der Waals surface area contributed by atoms with Crippen molar-refractivity contribution in [2.45, 2.75) is 19.8 Å². The molecule has 1 aromatic rings. The van der Waals surface area contributed by atoms with Crippen LogP contribution in [0.4, 0.5) is 0 Å². The van der Waals surface area contributed by atoms with Crippen molar-refractivity contribution in [1.29, 1.82) is 0 Å². The Hall–Kier alpha value is -1.29. The molecule has 0 saturated carbocycles. The number of pyridine rings is 1. The molecule has 1 aromatic heterocycles. The summed E-state index contributed by atoms with van der Waals surface area (Å²) in [6.07, 6.45) is 4.84. The van der Waals surface area contributed by atoms with E-state index in [9.17, 15) is 4.79 Å². The molecule has 0 aliphatic heterocycles. The second-order valence-electron chi connectivity index (χ2n) is 3.20. The molecule has 0 atom stereocenters. The minimum Gasteiger partial charge on any atom is -0.480 e. The van der Waals surface area contributed by atoms with Crippen molar-refractivity contribution >= 4 is 17.6 Å². The normalized spacial score (nSPS) is 9.88. The first-order valence-electron chi connectivity index (χ1n) is 5.11.